The summed E-state index contributed by atoms with van der Waals surface area (Å²) in [5.74, 6) is 1.14. The maximum atomic E-state index is 13.9. The number of ether oxygens (including phenoxy) is 2. The summed E-state index contributed by atoms with van der Waals surface area (Å²) >= 11 is 0. The van der Waals surface area contributed by atoms with Crippen LogP contribution in [0.1, 0.15) is 70.7 Å². The normalized spacial score (nSPS) is 15.1. The average Bonchev–Trinajstić information content (AvgIpc) is 3.19. The topological polar surface area (TPSA) is 69.0 Å². The third kappa shape index (κ3) is 4.69. The molecule has 0 saturated carbocycles. The maximum absolute atomic E-state index is 13.9. The quantitative estimate of drug-likeness (QED) is 0.287. The molecule has 39 heavy (non-hydrogen) atoms. The molecule has 1 atom stereocenters. The van der Waals surface area contributed by atoms with E-state index in [1.807, 2.05) is 56.3 Å². The van der Waals surface area contributed by atoms with Gasteiger partial charge in [-0.15, -0.1) is 0 Å². The molecule has 0 saturated heterocycles. The number of aryl methyl sites for hydroxylation is 2. The van der Waals surface area contributed by atoms with E-state index in [4.69, 9.17) is 13.9 Å². The number of hydrogen-bond donors (Lipinski definition) is 0. The molecule has 2 heterocycles. The summed E-state index contributed by atoms with van der Waals surface area (Å²) in [6.07, 6.45) is 0.572. The highest BCUT2D eigenvalue weighted by Crippen LogP contribution is 2.39. The molecule has 1 unspecified atom stereocenters. The molecule has 5 rings (SSSR count). The molecule has 202 valence electrons. The zero-order chi connectivity index (χ0) is 28.1. The van der Waals surface area contributed by atoms with Crippen LogP contribution in [0.2, 0.25) is 0 Å². The van der Waals surface area contributed by atoms with Gasteiger partial charge in [0.2, 0.25) is 5.76 Å². The van der Waals surface area contributed by atoms with E-state index in [2.05, 4.69) is 32.9 Å². The number of amides is 1. The van der Waals surface area contributed by atoms with Gasteiger partial charge < -0.3 is 18.8 Å². The predicted octanol–water partition coefficient (Wildman–Crippen LogP) is 6.51. The zero-order valence-corrected chi connectivity index (χ0v) is 23.7. The molecule has 0 fully saturated rings. The van der Waals surface area contributed by atoms with Crippen molar-refractivity contribution in [1.82, 2.24) is 4.90 Å². The van der Waals surface area contributed by atoms with Crippen molar-refractivity contribution in [1.29, 1.82) is 0 Å². The van der Waals surface area contributed by atoms with Crippen LogP contribution in [0, 0.1) is 13.8 Å². The van der Waals surface area contributed by atoms with Crippen LogP contribution in [0.4, 0.5) is 0 Å². The first kappa shape index (κ1) is 26.5. The minimum absolute atomic E-state index is 0.0142. The number of benzene rings is 3. The second-order valence-electron chi connectivity index (χ2n) is 11.3. The Balaban J connectivity index is 1.61. The molecule has 4 aromatic rings. The van der Waals surface area contributed by atoms with Crippen LogP contribution in [0.15, 0.2) is 63.8 Å². The van der Waals surface area contributed by atoms with Crippen LogP contribution in [0.5, 0.6) is 11.5 Å². The highest BCUT2D eigenvalue weighted by molar-refractivity contribution is 5.99. The first-order valence-corrected chi connectivity index (χ1v) is 13.2. The lowest BCUT2D eigenvalue weighted by Crippen LogP contribution is -2.31. The van der Waals surface area contributed by atoms with Crippen molar-refractivity contribution in [3.63, 3.8) is 0 Å². The Kier molecular flexibility index (Phi) is 6.75. The molecule has 0 spiro atoms. The van der Waals surface area contributed by atoms with Gasteiger partial charge in [-0.05, 0) is 77.8 Å². The molecular formula is C33H35NO5. The minimum Gasteiger partial charge on any atom is -0.493 e. The Labute approximate surface area is 229 Å². The summed E-state index contributed by atoms with van der Waals surface area (Å²) in [5.41, 5.74) is 5.77. The third-order valence-corrected chi connectivity index (χ3v) is 7.76. The molecule has 6 nitrogen and oxygen atoms in total. The molecule has 1 amide bonds. The summed E-state index contributed by atoms with van der Waals surface area (Å²) in [5, 5.41) is 0.503. The van der Waals surface area contributed by atoms with Gasteiger partial charge in [-0.3, -0.25) is 9.59 Å². The fourth-order valence-electron chi connectivity index (χ4n) is 5.30. The molecule has 1 aromatic heterocycles. The van der Waals surface area contributed by atoms with Crippen molar-refractivity contribution in [2.75, 3.05) is 20.8 Å². The van der Waals surface area contributed by atoms with Gasteiger partial charge in [0.25, 0.3) is 5.91 Å². The van der Waals surface area contributed by atoms with Gasteiger partial charge in [-0.1, -0.05) is 51.1 Å². The third-order valence-electron chi connectivity index (χ3n) is 7.76. The Morgan fingerprint density at radius 2 is 1.54 bits per heavy atom. The van der Waals surface area contributed by atoms with Crippen molar-refractivity contribution in [3.8, 4) is 11.5 Å². The van der Waals surface area contributed by atoms with Gasteiger partial charge in [0.15, 0.2) is 16.9 Å². The Morgan fingerprint density at radius 1 is 0.872 bits per heavy atom. The van der Waals surface area contributed by atoms with Crippen molar-refractivity contribution in [2.45, 2.75) is 52.5 Å². The van der Waals surface area contributed by atoms with E-state index in [-0.39, 0.29) is 22.5 Å². The largest absolute Gasteiger partial charge is 0.493 e. The van der Waals surface area contributed by atoms with Crippen LogP contribution >= 0.6 is 0 Å². The summed E-state index contributed by atoms with van der Waals surface area (Å²) in [6, 6.07) is 17.1. The van der Waals surface area contributed by atoms with Gasteiger partial charge in [-0.2, -0.15) is 0 Å². The van der Waals surface area contributed by atoms with E-state index in [0.717, 1.165) is 22.3 Å². The van der Waals surface area contributed by atoms with E-state index in [1.165, 1.54) is 5.56 Å². The predicted molar refractivity (Wildman–Crippen MR) is 153 cm³/mol. The van der Waals surface area contributed by atoms with Crippen LogP contribution < -0.4 is 14.9 Å². The van der Waals surface area contributed by atoms with Crippen LogP contribution in [-0.2, 0) is 11.8 Å². The van der Waals surface area contributed by atoms with Crippen molar-refractivity contribution >= 4 is 16.9 Å². The second kappa shape index (κ2) is 9.92. The molecular weight excluding hydrogens is 490 g/mol. The standard InChI is InChI=1S/C33H35NO5/c1-19-16-24-26(17-20(19)2)39-31-28(30(24)35)29(22-9-11-23(12-10-22)33(3,4)5)34(32(31)36)15-14-21-8-13-25(37-6)27(18-21)38-7/h8-13,16-18,29H,14-15H2,1-7H3. The molecule has 0 radical (unpaired) electrons. The lowest BCUT2D eigenvalue weighted by atomic mass is 9.86. The number of carbonyl (C=O) groups excluding carboxylic acids is 1. The SMILES string of the molecule is COc1ccc(CCN2C(=O)c3oc4cc(C)c(C)cc4c(=O)c3C2c2ccc(C(C)(C)C)cc2)cc1OC. The number of nitrogens with zero attached hydrogens (tertiary/aromatic N) is 1. The van der Waals surface area contributed by atoms with Crippen molar-refractivity contribution in [3.05, 3.63) is 104 Å². The summed E-state index contributed by atoms with van der Waals surface area (Å²) < 4.78 is 17.0. The highest BCUT2D eigenvalue weighted by Gasteiger charge is 2.42. The molecule has 0 N–H and O–H groups in total. The van der Waals surface area contributed by atoms with Crippen LogP contribution in [0.3, 0.4) is 0 Å². The lowest BCUT2D eigenvalue weighted by Gasteiger charge is -2.26. The second-order valence-corrected chi connectivity index (χ2v) is 11.3. The number of methoxy groups -OCH3 is 2. The van der Waals surface area contributed by atoms with Crippen molar-refractivity contribution < 1.29 is 18.7 Å². The molecule has 6 heteroatoms. The Morgan fingerprint density at radius 3 is 2.18 bits per heavy atom. The number of carbonyl (C=O) groups is 1. The number of rotatable bonds is 6. The molecule has 0 bridgehead atoms. The maximum Gasteiger partial charge on any atom is 0.290 e. The molecule has 3 aromatic carbocycles. The summed E-state index contributed by atoms with van der Waals surface area (Å²) in [7, 11) is 3.20. The lowest BCUT2D eigenvalue weighted by molar-refractivity contribution is 0.0730. The van der Waals surface area contributed by atoms with E-state index < -0.39 is 6.04 Å². The van der Waals surface area contributed by atoms with Crippen LogP contribution in [0.25, 0.3) is 11.0 Å². The fraction of sp³-hybridized carbons (Fsp3) is 0.333. The van der Waals surface area contributed by atoms with E-state index in [9.17, 15) is 9.59 Å². The van der Waals surface area contributed by atoms with Crippen molar-refractivity contribution in [2.24, 2.45) is 0 Å². The van der Waals surface area contributed by atoms with Gasteiger partial charge in [-0.25, -0.2) is 0 Å². The monoisotopic (exact) mass is 525 g/mol. The first-order chi connectivity index (χ1) is 18.5. The average molecular weight is 526 g/mol. The van der Waals surface area contributed by atoms with E-state index in [0.29, 0.717) is 41.0 Å². The first-order valence-electron chi connectivity index (χ1n) is 13.2. The van der Waals surface area contributed by atoms with Gasteiger partial charge in [0.1, 0.15) is 5.58 Å². The van der Waals surface area contributed by atoms with E-state index in [1.54, 1.807) is 19.1 Å². The number of fused-ring (bicyclic) bond motifs is 2. The van der Waals surface area contributed by atoms with Crippen LogP contribution in [-0.4, -0.2) is 31.6 Å². The van der Waals surface area contributed by atoms with Gasteiger partial charge >= 0.3 is 0 Å². The number of hydrogen-bond acceptors (Lipinski definition) is 5. The fourth-order valence-corrected chi connectivity index (χ4v) is 5.30. The van der Waals surface area contributed by atoms with E-state index >= 15 is 0 Å². The highest BCUT2D eigenvalue weighted by atomic mass is 16.5. The minimum atomic E-state index is -0.538. The molecule has 1 aliphatic heterocycles. The van der Waals surface area contributed by atoms with Gasteiger partial charge in [0, 0.05) is 6.54 Å². The molecule has 1 aliphatic rings. The van der Waals surface area contributed by atoms with Gasteiger partial charge in [0.05, 0.1) is 31.2 Å². The summed E-state index contributed by atoms with van der Waals surface area (Å²) in [6.45, 7) is 10.8. The Bertz CT molecular complexity index is 1630. The molecule has 0 aliphatic carbocycles. The smallest absolute Gasteiger partial charge is 0.290 e. The summed E-state index contributed by atoms with van der Waals surface area (Å²) in [4.78, 5) is 29.6. The Hall–Kier alpha value is -4.06. The zero-order valence-electron chi connectivity index (χ0n) is 23.7.